The normalized spacial score (nSPS) is 39.9. The van der Waals surface area contributed by atoms with Crippen molar-refractivity contribution < 1.29 is 9.85 Å². The lowest BCUT2D eigenvalue weighted by molar-refractivity contribution is -0.508. The Morgan fingerprint density at radius 2 is 2.60 bits per heavy atom. The molecule has 0 saturated carbocycles. The fraction of sp³-hybridized carbons (Fsp3) is 0.833. The fourth-order valence-electron chi connectivity index (χ4n) is 1.10. The predicted molar refractivity (Wildman–Crippen MR) is 43.0 cm³/mol. The van der Waals surface area contributed by atoms with Gasteiger partial charge in [0.1, 0.15) is 0 Å². The van der Waals surface area contributed by atoms with Crippen LogP contribution in [0.25, 0.3) is 0 Å². The van der Waals surface area contributed by atoms with E-state index >= 15 is 0 Å². The molecule has 0 bridgehead atoms. The van der Waals surface area contributed by atoms with Crippen LogP contribution in [0, 0.1) is 11.1 Å². The van der Waals surface area contributed by atoms with E-state index in [0.717, 1.165) is 4.74 Å². The van der Waals surface area contributed by atoms with Crippen LogP contribution in [-0.4, -0.2) is 27.9 Å². The summed E-state index contributed by atoms with van der Waals surface area (Å²) in [6.07, 6.45) is 2.26. The van der Waals surface area contributed by atoms with Crippen LogP contribution in [-0.2, 0) is 0 Å². The maximum atomic E-state index is 11.0. The maximum absolute atomic E-state index is 11.0. The van der Waals surface area contributed by atoms with E-state index < -0.39 is 5.28 Å². The Bertz CT molecular complexity index is 167. The molecule has 1 N–H and O–H groups in total. The largest absolute Gasteiger partial charge is 0.623 e. The lowest BCUT2D eigenvalue weighted by atomic mass is 10.0. The molecule has 0 radical (unpaired) electrons. The average molecular weight is 161 g/mol. The predicted octanol–water partition coefficient (Wildman–Crippen LogP) is 0.171. The summed E-state index contributed by atoms with van der Waals surface area (Å²) >= 11 is 0. The molecule has 0 spiro atoms. The smallest absolute Gasteiger partial charge is 0.186 e. The molecule has 1 heterocycles. The number of aliphatic hydroxyl groups excluding tert-OH is 1. The Morgan fingerprint density at radius 1 is 2.00 bits per heavy atom. The van der Waals surface area contributed by atoms with E-state index in [4.69, 9.17) is 5.11 Å². The Kier molecular flexibility index (Phi) is 1.97. The number of hydrogen-bond acceptors (Lipinski definition) is 2. The van der Waals surface area contributed by atoms with Crippen LogP contribution in [0.5, 0.6) is 0 Å². The molecular formula is C6H12NO2P. The number of nitrogens with zero attached hydrogens (tertiary/aromatic N) is 1. The number of hydroxylamine groups is 1. The van der Waals surface area contributed by atoms with Gasteiger partial charge in [0.2, 0.25) is 0 Å². The molecule has 3 nitrogen and oxygen atoms in total. The maximum Gasteiger partial charge on any atom is 0.186 e. The summed E-state index contributed by atoms with van der Waals surface area (Å²) < 4.78 is 0.901. The van der Waals surface area contributed by atoms with Crippen molar-refractivity contribution in [3.05, 3.63) is 5.21 Å². The monoisotopic (exact) mass is 161 g/mol. The highest BCUT2D eigenvalue weighted by atomic mass is 31.0. The summed E-state index contributed by atoms with van der Waals surface area (Å²) in [5.74, 6) is 0.0648. The van der Waals surface area contributed by atoms with E-state index in [-0.39, 0.29) is 12.5 Å². The molecule has 0 aromatic carbocycles. The third-order valence-corrected chi connectivity index (χ3v) is 2.80. The minimum absolute atomic E-state index is 0.0648. The zero-order valence-electron chi connectivity index (χ0n) is 5.95. The van der Waals surface area contributed by atoms with E-state index in [1.54, 1.807) is 6.21 Å². The first-order valence-corrected chi connectivity index (χ1v) is 3.86. The third-order valence-electron chi connectivity index (χ3n) is 2.08. The zero-order valence-corrected chi connectivity index (χ0v) is 7.10. The summed E-state index contributed by atoms with van der Waals surface area (Å²) in [5.41, 5.74) is 0. The molecule has 0 amide bonds. The van der Waals surface area contributed by atoms with Gasteiger partial charge in [0.05, 0.1) is 12.5 Å². The SMILES string of the molecule is C[C@@]1(P)C(CO)CC=[N+]1[O-]. The Morgan fingerprint density at radius 3 is 2.80 bits per heavy atom. The second kappa shape index (κ2) is 2.48. The van der Waals surface area contributed by atoms with Crippen LogP contribution < -0.4 is 0 Å². The van der Waals surface area contributed by atoms with E-state index in [9.17, 15) is 5.21 Å². The van der Waals surface area contributed by atoms with Crippen molar-refractivity contribution in [2.45, 2.75) is 18.6 Å². The van der Waals surface area contributed by atoms with Gasteiger partial charge in [-0.05, 0) is 0 Å². The Hall–Kier alpha value is -0.140. The second-order valence-electron chi connectivity index (χ2n) is 2.85. The van der Waals surface area contributed by atoms with Gasteiger partial charge in [0.15, 0.2) is 11.5 Å². The molecule has 0 aliphatic carbocycles. The fourth-order valence-corrected chi connectivity index (χ4v) is 1.44. The second-order valence-corrected chi connectivity index (χ2v) is 4.02. The van der Waals surface area contributed by atoms with Crippen molar-refractivity contribution in [2.24, 2.45) is 5.92 Å². The van der Waals surface area contributed by atoms with Crippen LogP contribution in [0.2, 0.25) is 0 Å². The molecule has 2 unspecified atom stereocenters. The summed E-state index contributed by atoms with van der Waals surface area (Å²) in [4.78, 5) is 0. The van der Waals surface area contributed by atoms with Crippen molar-refractivity contribution in [1.29, 1.82) is 0 Å². The van der Waals surface area contributed by atoms with Gasteiger partial charge >= 0.3 is 0 Å². The van der Waals surface area contributed by atoms with Crippen molar-refractivity contribution in [3.63, 3.8) is 0 Å². The summed E-state index contributed by atoms with van der Waals surface area (Å²) in [7, 11) is 2.48. The highest BCUT2D eigenvalue weighted by Gasteiger charge is 2.41. The first-order valence-electron chi connectivity index (χ1n) is 3.28. The van der Waals surface area contributed by atoms with Crippen molar-refractivity contribution in [1.82, 2.24) is 0 Å². The van der Waals surface area contributed by atoms with Crippen LogP contribution in [0.15, 0.2) is 0 Å². The average Bonchev–Trinajstić information content (AvgIpc) is 2.10. The number of rotatable bonds is 1. The van der Waals surface area contributed by atoms with E-state index in [0.29, 0.717) is 6.42 Å². The van der Waals surface area contributed by atoms with Gasteiger partial charge in [-0.25, -0.2) is 4.74 Å². The molecule has 4 heteroatoms. The Labute approximate surface area is 62.5 Å². The highest BCUT2D eigenvalue weighted by molar-refractivity contribution is 7.18. The molecule has 1 rings (SSSR count). The van der Waals surface area contributed by atoms with Crippen LogP contribution in [0.3, 0.4) is 0 Å². The standard InChI is InChI=1S/C6H12NO2P/c1-6(10)5(4-8)2-3-7(6)9/h3,5,8H,2,4,10H2,1H3/t5?,6-/m1/s1. The van der Waals surface area contributed by atoms with Gasteiger partial charge in [-0.1, -0.05) is 9.24 Å². The van der Waals surface area contributed by atoms with Crippen LogP contribution >= 0.6 is 9.24 Å². The molecule has 10 heavy (non-hydrogen) atoms. The summed E-state index contributed by atoms with van der Waals surface area (Å²) in [5, 5.41) is 19.3. The first-order chi connectivity index (χ1) is 4.59. The molecular weight excluding hydrogens is 149 g/mol. The number of hydrogen-bond donors (Lipinski definition) is 1. The van der Waals surface area contributed by atoms with Crippen molar-refractivity contribution >= 4 is 15.5 Å². The zero-order chi connectivity index (χ0) is 7.78. The lowest BCUT2D eigenvalue weighted by Crippen LogP contribution is -2.33. The highest BCUT2D eigenvalue weighted by Crippen LogP contribution is 2.33. The molecule has 3 atom stereocenters. The van der Waals surface area contributed by atoms with Gasteiger partial charge < -0.3 is 10.3 Å². The lowest BCUT2D eigenvalue weighted by Gasteiger charge is -2.23. The summed E-state index contributed by atoms with van der Waals surface area (Å²) in [6.45, 7) is 1.89. The Balaban J connectivity index is 2.74. The van der Waals surface area contributed by atoms with Crippen molar-refractivity contribution in [2.75, 3.05) is 6.61 Å². The van der Waals surface area contributed by atoms with Crippen molar-refractivity contribution in [3.8, 4) is 0 Å². The van der Waals surface area contributed by atoms with Crippen LogP contribution in [0.4, 0.5) is 0 Å². The minimum atomic E-state index is -0.491. The van der Waals surface area contributed by atoms with Gasteiger partial charge in [0.25, 0.3) is 0 Å². The van der Waals surface area contributed by atoms with Gasteiger partial charge in [-0.15, -0.1) is 0 Å². The van der Waals surface area contributed by atoms with Gasteiger partial charge in [-0.3, -0.25) is 0 Å². The molecule has 1 aliphatic heterocycles. The van der Waals surface area contributed by atoms with Gasteiger partial charge in [-0.2, -0.15) is 0 Å². The molecule has 1 aliphatic rings. The van der Waals surface area contributed by atoms with E-state index in [2.05, 4.69) is 9.24 Å². The van der Waals surface area contributed by atoms with E-state index in [1.165, 1.54) is 0 Å². The van der Waals surface area contributed by atoms with Crippen LogP contribution in [0.1, 0.15) is 13.3 Å². The molecule has 0 aromatic rings. The minimum Gasteiger partial charge on any atom is -0.623 e. The first kappa shape index (κ1) is 7.96. The quantitative estimate of drug-likeness (QED) is 0.338. The van der Waals surface area contributed by atoms with Gasteiger partial charge in [0, 0.05) is 13.3 Å². The third kappa shape index (κ3) is 1.04. The molecule has 0 aromatic heterocycles. The molecule has 58 valence electrons. The van der Waals surface area contributed by atoms with E-state index in [1.807, 2.05) is 6.92 Å². The molecule has 0 fully saturated rings. The summed E-state index contributed by atoms with van der Waals surface area (Å²) in [6, 6.07) is 0. The molecule has 0 saturated heterocycles. The number of aliphatic hydroxyl groups is 1. The topological polar surface area (TPSA) is 46.3 Å².